The molecule has 0 saturated heterocycles. The minimum atomic E-state index is -3.55. The summed E-state index contributed by atoms with van der Waals surface area (Å²) in [6, 6.07) is 7.38. The van der Waals surface area contributed by atoms with Crippen LogP contribution in [-0.2, 0) is 20.2 Å². The minimum Gasteiger partial charge on any atom is -0.354 e. The van der Waals surface area contributed by atoms with Crippen LogP contribution >= 0.6 is 0 Å². The van der Waals surface area contributed by atoms with Gasteiger partial charge in [-0.3, -0.25) is 9.10 Å². The molecule has 1 rings (SSSR count). The number of unbranched alkanes of at least 4 members (excludes halogenated alkanes) is 1. The maximum atomic E-state index is 12.4. The highest BCUT2D eigenvalue weighted by atomic mass is 32.2. The highest BCUT2D eigenvalue weighted by Crippen LogP contribution is 2.25. The zero-order valence-corrected chi connectivity index (χ0v) is 18.5. The molecule has 0 aliphatic heterocycles. The van der Waals surface area contributed by atoms with Crippen molar-refractivity contribution in [1.29, 1.82) is 0 Å². The molecule has 0 fully saturated rings. The van der Waals surface area contributed by atoms with Gasteiger partial charge >= 0.3 is 0 Å². The second-order valence-electron chi connectivity index (χ2n) is 8.29. The van der Waals surface area contributed by atoms with Crippen molar-refractivity contribution < 1.29 is 13.2 Å². The third-order valence-corrected chi connectivity index (χ3v) is 5.98. The number of nitrogens with zero attached hydrogens (tertiary/aromatic N) is 1. The molecule has 154 valence electrons. The van der Waals surface area contributed by atoms with Crippen LogP contribution in [0.5, 0.6) is 0 Å². The van der Waals surface area contributed by atoms with E-state index in [9.17, 15) is 13.2 Å². The molecule has 0 aliphatic carbocycles. The van der Waals surface area contributed by atoms with E-state index in [1.165, 1.54) is 4.31 Å². The van der Waals surface area contributed by atoms with Gasteiger partial charge in [-0.2, -0.15) is 0 Å². The van der Waals surface area contributed by atoms with Crippen molar-refractivity contribution in [3.8, 4) is 0 Å². The monoisotopic (exact) mass is 396 g/mol. The number of sulfonamides is 1. The largest absolute Gasteiger partial charge is 0.354 e. The van der Waals surface area contributed by atoms with Crippen molar-refractivity contribution >= 4 is 21.6 Å². The fourth-order valence-corrected chi connectivity index (χ4v) is 3.77. The molecule has 0 radical (unpaired) electrons. The van der Waals surface area contributed by atoms with Crippen LogP contribution in [0.2, 0.25) is 0 Å². The van der Waals surface area contributed by atoms with Gasteiger partial charge in [0.2, 0.25) is 15.9 Å². The van der Waals surface area contributed by atoms with Crippen LogP contribution in [0.25, 0.3) is 0 Å². The molecule has 0 heterocycles. The predicted molar refractivity (Wildman–Crippen MR) is 114 cm³/mol. The number of amides is 1. The topological polar surface area (TPSA) is 66.5 Å². The van der Waals surface area contributed by atoms with Crippen LogP contribution in [0.15, 0.2) is 24.3 Å². The van der Waals surface area contributed by atoms with Crippen molar-refractivity contribution in [2.45, 2.75) is 65.7 Å². The number of carbonyl (C=O) groups is 1. The van der Waals surface area contributed by atoms with Gasteiger partial charge < -0.3 is 5.32 Å². The standard InChI is InChI=1S/C21H36N2O3S/c1-7-9-10-17(8-2)15-22-20(24)16-23(27(6,25)26)19-13-11-18(12-14-19)21(3,4)5/h11-14,17H,7-10,15-16H2,1-6H3,(H,22,24). The molecule has 0 spiro atoms. The summed E-state index contributed by atoms with van der Waals surface area (Å²) < 4.78 is 25.6. The minimum absolute atomic E-state index is 0.0144. The van der Waals surface area contributed by atoms with E-state index in [0.29, 0.717) is 18.2 Å². The lowest BCUT2D eigenvalue weighted by molar-refractivity contribution is -0.119. The molecule has 0 saturated carbocycles. The van der Waals surface area contributed by atoms with Crippen molar-refractivity contribution in [2.75, 3.05) is 23.7 Å². The molecule has 5 nitrogen and oxygen atoms in total. The maximum Gasteiger partial charge on any atom is 0.240 e. The summed E-state index contributed by atoms with van der Waals surface area (Å²) in [6.07, 6.45) is 5.50. The Morgan fingerprint density at radius 2 is 1.74 bits per heavy atom. The SMILES string of the molecule is CCCCC(CC)CNC(=O)CN(c1ccc(C(C)(C)C)cc1)S(C)(=O)=O. The first kappa shape index (κ1) is 23.5. The summed E-state index contributed by atoms with van der Waals surface area (Å²) in [6.45, 7) is 11.0. The van der Waals surface area contributed by atoms with E-state index in [2.05, 4.69) is 39.9 Å². The third kappa shape index (κ3) is 7.91. The lowest BCUT2D eigenvalue weighted by Gasteiger charge is -2.24. The van der Waals surface area contributed by atoms with Gasteiger partial charge in [-0.25, -0.2) is 8.42 Å². The number of hydrogen-bond donors (Lipinski definition) is 1. The van der Waals surface area contributed by atoms with Gasteiger partial charge in [0.05, 0.1) is 11.9 Å². The molecule has 6 heteroatoms. The van der Waals surface area contributed by atoms with Crippen molar-refractivity contribution in [3.05, 3.63) is 29.8 Å². The Labute approximate surface area is 165 Å². The molecule has 27 heavy (non-hydrogen) atoms. The zero-order chi connectivity index (χ0) is 20.7. The molecule has 0 bridgehead atoms. The van der Waals surface area contributed by atoms with E-state index >= 15 is 0 Å². The normalized spacial score (nSPS) is 13.3. The molecule has 1 N–H and O–H groups in total. The van der Waals surface area contributed by atoms with E-state index in [-0.39, 0.29) is 17.9 Å². The van der Waals surface area contributed by atoms with E-state index < -0.39 is 10.0 Å². The molecule has 1 amide bonds. The molecular formula is C21H36N2O3S. The second-order valence-corrected chi connectivity index (χ2v) is 10.2. The molecule has 1 unspecified atom stereocenters. The lowest BCUT2D eigenvalue weighted by atomic mass is 9.87. The smallest absolute Gasteiger partial charge is 0.240 e. The van der Waals surface area contributed by atoms with E-state index in [4.69, 9.17) is 0 Å². The Morgan fingerprint density at radius 1 is 1.15 bits per heavy atom. The van der Waals surface area contributed by atoms with Crippen LogP contribution in [0.1, 0.15) is 65.9 Å². The van der Waals surface area contributed by atoms with E-state index in [1.807, 2.05) is 12.1 Å². The Balaban J connectivity index is 2.83. The quantitative estimate of drug-likeness (QED) is 0.648. The number of anilines is 1. The lowest BCUT2D eigenvalue weighted by Crippen LogP contribution is -2.41. The number of nitrogens with one attached hydrogen (secondary N) is 1. The number of rotatable bonds is 10. The maximum absolute atomic E-state index is 12.4. The zero-order valence-electron chi connectivity index (χ0n) is 17.7. The van der Waals surface area contributed by atoms with Gasteiger partial charge in [-0.1, -0.05) is 66.0 Å². The van der Waals surface area contributed by atoms with Crippen LogP contribution in [0, 0.1) is 5.92 Å². The third-order valence-electron chi connectivity index (χ3n) is 4.84. The molecule has 0 aromatic heterocycles. The Hall–Kier alpha value is -1.56. The first-order chi connectivity index (χ1) is 12.5. The van der Waals surface area contributed by atoms with Crippen molar-refractivity contribution in [1.82, 2.24) is 5.32 Å². The predicted octanol–water partition coefficient (Wildman–Crippen LogP) is 4.08. The van der Waals surface area contributed by atoms with Gasteiger partial charge in [0.1, 0.15) is 6.54 Å². The molecule has 1 atom stereocenters. The van der Waals surface area contributed by atoms with E-state index in [1.54, 1.807) is 12.1 Å². The summed E-state index contributed by atoms with van der Waals surface area (Å²) in [5.41, 5.74) is 1.61. The van der Waals surface area contributed by atoms with Gasteiger partial charge in [-0.05, 0) is 35.4 Å². The molecule has 1 aromatic carbocycles. The number of hydrogen-bond acceptors (Lipinski definition) is 3. The molecule has 0 aliphatic rings. The van der Waals surface area contributed by atoms with Crippen molar-refractivity contribution in [2.24, 2.45) is 5.92 Å². The summed E-state index contributed by atoms with van der Waals surface area (Å²) in [5, 5.41) is 2.91. The van der Waals surface area contributed by atoms with Gasteiger partial charge in [-0.15, -0.1) is 0 Å². The molecular weight excluding hydrogens is 360 g/mol. The van der Waals surface area contributed by atoms with Crippen LogP contribution < -0.4 is 9.62 Å². The summed E-state index contributed by atoms with van der Waals surface area (Å²) in [4.78, 5) is 12.4. The van der Waals surface area contributed by atoms with Crippen LogP contribution in [0.3, 0.4) is 0 Å². The second kappa shape index (κ2) is 10.1. The summed E-state index contributed by atoms with van der Waals surface area (Å²) >= 11 is 0. The number of carbonyl (C=O) groups excluding carboxylic acids is 1. The first-order valence-corrected chi connectivity index (χ1v) is 11.7. The summed E-state index contributed by atoms with van der Waals surface area (Å²) in [5.74, 6) is 0.168. The Bertz CT molecular complexity index is 691. The molecule has 1 aromatic rings. The highest BCUT2D eigenvalue weighted by molar-refractivity contribution is 7.92. The average Bonchev–Trinajstić information content (AvgIpc) is 2.58. The fourth-order valence-electron chi connectivity index (χ4n) is 2.92. The number of benzene rings is 1. The van der Waals surface area contributed by atoms with Crippen molar-refractivity contribution in [3.63, 3.8) is 0 Å². The van der Waals surface area contributed by atoms with E-state index in [0.717, 1.165) is 37.5 Å². The van der Waals surface area contributed by atoms with Crippen LogP contribution in [0.4, 0.5) is 5.69 Å². The summed E-state index contributed by atoms with van der Waals surface area (Å²) in [7, 11) is -3.55. The highest BCUT2D eigenvalue weighted by Gasteiger charge is 2.22. The van der Waals surface area contributed by atoms with Crippen LogP contribution in [-0.4, -0.2) is 33.7 Å². The first-order valence-electron chi connectivity index (χ1n) is 9.84. The Kier molecular flexibility index (Phi) is 8.79. The average molecular weight is 397 g/mol. The Morgan fingerprint density at radius 3 is 2.19 bits per heavy atom. The van der Waals surface area contributed by atoms with Gasteiger partial charge in [0, 0.05) is 6.54 Å². The van der Waals surface area contributed by atoms with Gasteiger partial charge in [0.25, 0.3) is 0 Å². The fraction of sp³-hybridized carbons (Fsp3) is 0.667. The van der Waals surface area contributed by atoms with Gasteiger partial charge in [0.15, 0.2) is 0 Å².